The zero-order valence-electron chi connectivity index (χ0n) is 14.8. The first-order valence-corrected chi connectivity index (χ1v) is 9.01. The van der Waals surface area contributed by atoms with E-state index in [-0.39, 0.29) is 11.2 Å². The van der Waals surface area contributed by atoms with Crippen molar-refractivity contribution in [2.24, 2.45) is 0 Å². The van der Waals surface area contributed by atoms with E-state index in [1.807, 2.05) is 58.0 Å². The van der Waals surface area contributed by atoms with Gasteiger partial charge in [0.2, 0.25) is 11.1 Å². The van der Waals surface area contributed by atoms with Crippen LogP contribution in [0.1, 0.15) is 29.4 Å². The molecule has 25 heavy (non-hydrogen) atoms. The zero-order valence-corrected chi connectivity index (χ0v) is 15.6. The van der Waals surface area contributed by atoms with Gasteiger partial charge in [0.05, 0.1) is 5.25 Å². The standard InChI is InChI=1S/C18H21N5OS/c1-11-5-7-15(8-6-11)10-19-16(24)14(4)25-18-21-17-20-12(2)9-13(3)23(17)22-18/h5-9,14H,10H2,1-4H3,(H,19,24)/t14-/m0/s1. The van der Waals surface area contributed by atoms with Crippen LogP contribution < -0.4 is 5.32 Å². The maximum absolute atomic E-state index is 12.3. The number of thioether (sulfide) groups is 1. The first-order valence-electron chi connectivity index (χ1n) is 8.13. The predicted molar refractivity (Wildman–Crippen MR) is 98.6 cm³/mol. The van der Waals surface area contributed by atoms with Gasteiger partial charge in [-0.15, -0.1) is 5.10 Å². The van der Waals surface area contributed by atoms with Crippen molar-refractivity contribution in [1.82, 2.24) is 24.9 Å². The Bertz CT molecular complexity index is 904. The van der Waals surface area contributed by atoms with Gasteiger partial charge in [0.15, 0.2) is 0 Å². The highest BCUT2D eigenvalue weighted by Crippen LogP contribution is 2.20. The van der Waals surface area contributed by atoms with E-state index in [1.165, 1.54) is 17.3 Å². The highest BCUT2D eigenvalue weighted by molar-refractivity contribution is 8.00. The third-order valence-electron chi connectivity index (χ3n) is 3.84. The number of aryl methyl sites for hydroxylation is 3. The molecule has 0 radical (unpaired) electrons. The van der Waals surface area contributed by atoms with Crippen LogP contribution in [0.4, 0.5) is 0 Å². The maximum Gasteiger partial charge on any atom is 0.253 e. The lowest BCUT2D eigenvalue weighted by molar-refractivity contribution is -0.120. The van der Waals surface area contributed by atoms with Crippen molar-refractivity contribution in [2.75, 3.05) is 0 Å². The van der Waals surface area contributed by atoms with Crippen LogP contribution in [0.3, 0.4) is 0 Å². The van der Waals surface area contributed by atoms with E-state index >= 15 is 0 Å². The van der Waals surface area contributed by atoms with Crippen LogP contribution >= 0.6 is 11.8 Å². The minimum absolute atomic E-state index is 0.0368. The molecule has 130 valence electrons. The molecular formula is C18H21N5OS. The Morgan fingerprint density at radius 3 is 2.64 bits per heavy atom. The average molecular weight is 355 g/mol. The summed E-state index contributed by atoms with van der Waals surface area (Å²) in [5, 5.41) is 7.65. The molecule has 7 heteroatoms. The second kappa shape index (κ2) is 7.23. The Hall–Kier alpha value is -2.41. The van der Waals surface area contributed by atoms with E-state index in [4.69, 9.17) is 0 Å². The van der Waals surface area contributed by atoms with Crippen molar-refractivity contribution >= 4 is 23.4 Å². The molecule has 1 amide bonds. The van der Waals surface area contributed by atoms with Crippen LogP contribution in [-0.4, -0.2) is 30.7 Å². The Balaban J connectivity index is 1.63. The van der Waals surface area contributed by atoms with Gasteiger partial charge in [0.1, 0.15) is 0 Å². The Kier molecular flexibility index (Phi) is 5.03. The molecular weight excluding hydrogens is 334 g/mol. The highest BCUT2D eigenvalue weighted by atomic mass is 32.2. The monoisotopic (exact) mass is 355 g/mol. The second-order valence-electron chi connectivity index (χ2n) is 6.11. The number of benzene rings is 1. The van der Waals surface area contributed by atoms with Gasteiger partial charge >= 0.3 is 0 Å². The van der Waals surface area contributed by atoms with Crippen LogP contribution in [-0.2, 0) is 11.3 Å². The van der Waals surface area contributed by atoms with Gasteiger partial charge < -0.3 is 5.32 Å². The quantitative estimate of drug-likeness (QED) is 0.713. The van der Waals surface area contributed by atoms with E-state index in [1.54, 1.807) is 4.52 Å². The summed E-state index contributed by atoms with van der Waals surface area (Å²) in [6.45, 7) is 8.30. The van der Waals surface area contributed by atoms with Crippen LogP contribution in [0.25, 0.3) is 5.78 Å². The molecule has 3 aromatic rings. The van der Waals surface area contributed by atoms with Crippen molar-refractivity contribution in [3.05, 3.63) is 52.8 Å². The summed E-state index contributed by atoms with van der Waals surface area (Å²) in [7, 11) is 0. The number of nitrogens with one attached hydrogen (secondary N) is 1. The molecule has 0 fully saturated rings. The summed E-state index contributed by atoms with van der Waals surface area (Å²) in [4.78, 5) is 21.1. The van der Waals surface area contributed by atoms with Gasteiger partial charge in [-0.1, -0.05) is 41.6 Å². The van der Waals surface area contributed by atoms with E-state index in [9.17, 15) is 4.79 Å². The lowest BCUT2D eigenvalue weighted by Crippen LogP contribution is -2.30. The molecule has 0 saturated heterocycles. The van der Waals surface area contributed by atoms with Gasteiger partial charge in [0.25, 0.3) is 5.78 Å². The van der Waals surface area contributed by atoms with E-state index < -0.39 is 0 Å². The van der Waals surface area contributed by atoms with Crippen molar-refractivity contribution in [3.63, 3.8) is 0 Å². The molecule has 0 aliphatic heterocycles. The van der Waals surface area contributed by atoms with Crippen molar-refractivity contribution in [2.45, 2.75) is 44.6 Å². The molecule has 1 N–H and O–H groups in total. The minimum Gasteiger partial charge on any atom is -0.351 e. The lowest BCUT2D eigenvalue weighted by Gasteiger charge is -2.10. The number of carbonyl (C=O) groups excluding carboxylic acids is 1. The molecule has 3 rings (SSSR count). The Morgan fingerprint density at radius 2 is 1.92 bits per heavy atom. The summed E-state index contributed by atoms with van der Waals surface area (Å²) in [6.07, 6.45) is 0. The molecule has 0 bridgehead atoms. The summed E-state index contributed by atoms with van der Waals surface area (Å²) in [6, 6.07) is 10.1. The zero-order chi connectivity index (χ0) is 18.0. The van der Waals surface area contributed by atoms with Gasteiger partial charge in [-0.05, 0) is 39.3 Å². The fourth-order valence-corrected chi connectivity index (χ4v) is 3.22. The maximum atomic E-state index is 12.3. The second-order valence-corrected chi connectivity index (χ2v) is 7.42. The van der Waals surface area contributed by atoms with Gasteiger partial charge in [-0.3, -0.25) is 4.79 Å². The molecule has 0 unspecified atom stereocenters. The Morgan fingerprint density at radius 1 is 1.20 bits per heavy atom. The van der Waals surface area contributed by atoms with Crippen LogP contribution in [0.2, 0.25) is 0 Å². The highest BCUT2D eigenvalue weighted by Gasteiger charge is 2.18. The number of amides is 1. The van der Waals surface area contributed by atoms with E-state index in [0.29, 0.717) is 17.5 Å². The largest absolute Gasteiger partial charge is 0.351 e. The molecule has 2 aromatic heterocycles. The number of hydrogen-bond acceptors (Lipinski definition) is 5. The number of fused-ring (bicyclic) bond motifs is 1. The fourth-order valence-electron chi connectivity index (χ4n) is 2.45. The third kappa shape index (κ3) is 4.17. The molecule has 0 saturated carbocycles. The number of carbonyl (C=O) groups is 1. The lowest BCUT2D eigenvalue weighted by atomic mass is 10.1. The fraction of sp³-hybridized carbons (Fsp3) is 0.333. The third-order valence-corrected chi connectivity index (χ3v) is 4.79. The minimum atomic E-state index is -0.288. The molecule has 0 aliphatic rings. The number of hydrogen-bond donors (Lipinski definition) is 1. The average Bonchev–Trinajstić information content (AvgIpc) is 2.96. The van der Waals surface area contributed by atoms with Crippen molar-refractivity contribution in [3.8, 4) is 0 Å². The summed E-state index contributed by atoms with van der Waals surface area (Å²) >= 11 is 1.33. The molecule has 0 spiro atoms. The van der Waals surface area contributed by atoms with Crippen LogP contribution in [0.15, 0.2) is 35.5 Å². The summed E-state index contributed by atoms with van der Waals surface area (Å²) < 4.78 is 1.70. The van der Waals surface area contributed by atoms with E-state index in [2.05, 4.69) is 20.4 Å². The van der Waals surface area contributed by atoms with Gasteiger partial charge in [-0.25, -0.2) is 9.50 Å². The van der Waals surface area contributed by atoms with Crippen molar-refractivity contribution in [1.29, 1.82) is 0 Å². The molecule has 1 atom stereocenters. The smallest absolute Gasteiger partial charge is 0.253 e. The Labute approximate surface area is 151 Å². The molecule has 2 heterocycles. The van der Waals surface area contributed by atoms with E-state index in [0.717, 1.165) is 17.0 Å². The summed E-state index contributed by atoms with van der Waals surface area (Å²) in [5.74, 6) is 0.526. The first-order chi connectivity index (χ1) is 11.9. The molecule has 6 nitrogen and oxygen atoms in total. The van der Waals surface area contributed by atoms with Gasteiger partial charge in [-0.2, -0.15) is 4.98 Å². The summed E-state index contributed by atoms with van der Waals surface area (Å²) in [5.41, 5.74) is 4.16. The van der Waals surface area contributed by atoms with Crippen molar-refractivity contribution < 1.29 is 4.79 Å². The number of nitrogens with zero attached hydrogens (tertiary/aromatic N) is 4. The molecule has 0 aliphatic carbocycles. The first kappa shape index (κ1) is 17.4. The molecule has 1 aromatic carbocycles. The van der Waals surface area contributed by atoms with Crippen LogP contribution in [0, 0.1) is 20.8 Å². The van der Waals surface area contributed by atoms with Crippen LogP contribution in [0.5, 0.6) is 0 Å². The predicted octanol–water partition coefficient (Wildman–Crippen LogP) is 2.85. The van der Waals surface area contributed by atoms with Gasteiger partial charge in [0, 0.05) is 17.9 Å². The topological polar surface area (TPSA) is 72.2 Å². The number of aromatic nitrogens is 4. The SMILES string of the molecule is Cc1ccc(CNC(=O)[C@H](C)Sc2nc3nc(C)cc(C)n3n2)cc1. The normalized spacial score (nSPS) is 12.3. The number of rotatable bonds is 5.